The first-order chi connectivity index (χ1) is 64.3. The van der Waals surface area contributed by atoms with Gasteiger partial charge in [-0.05, 0) is 292 Å². The maximum atomic E-state index is 12.9. The third kappa shape index (κ3) is 37.1. The molecule has 0 aliphatic heterocycles. The monoisotopic (exact) mass is 1860 g/mol. The highest BCUT2D eigenvalue weighted by molar-refractivity contribution is 5.47. The summed E-state index contributed by atoms with van der Waals surface area (Å²) in [5, 5.41) is 0. The van der Waals surface area contributed by atoms with E-state index in [0.29, 0.717) is 11.3 Å². The largest absolute Gasteiger partial charge is 0.394 e. The molecule has 0 N–H and O–H groups in total. The molecule has 8 aromatic carbocycles. The van der Waals surface area contributed by atoms with Crippen LogP contribution in [-0.2, 0) is 62.6 Å². The van der Waals surface area contributed by atoms with Gasteiger partial charge in [-0.1, -0.05) is 526 Å². The Balaban J connectivity index is 0.000000218. The number of hydrogen-bond donors (Lipinski definition) is 0. The zero-order chi connectivity index (χ0) is 104. The lowest BCUT2D eigenvalue weighted by Crippen LogP contribution is -2.34. The van der Waals surface area contributed by atoms with Crippen molar-refractivity contribution in [1.29, 1.82) is 0 Å². The van der Waals surface area contributed by atoms with Crippen LogP contribution < -0.4 is 0 Å². The van der Waals surface area contributed by atoms with Gasteiger partial charge in [-0.15, -0.1) is 0 Å². The van der Waals surface area contributed by atoms with Crippen molar-refractivity contribution >= 4 is 0 Å². The maximum absolute atomic E-state index is 12.9. The van der Waals surface area contributed by atoms with Crippen molar-refractivity contribution in [1.82, 2.24) is 0 Å². The summed E-state index contributed by atoms with van der Waals surface area (Å²) in [4.78, 5) is 0. The molecule has 6 aliphatic carbocycles. The van der Waals surface area contributed by atoms with E-state index >= 15 is 0 Å². The van der Waals surface area contributed by atoms with E-state index in [1.54, 1.807) is 39.9 Å². The minimum absolute atomic E-state index is 0.0110. The number of benzene rings is 8. The van der Waals surface area contributed by atoms with Crippen molar-refractivity contribution in [2.75, 3.05) is 0 Å². The van der Waals surface area contributed by atoms with Crippen molar-refractivity contribution in [2.45, 2.75) is 531 Å². The second-order valence-corrected chi connectivity index (χ2v) is 52.8. The normalized spacial score (nSPS) is 18.2. The number of halogens is 3. The molecule has 6 fully saturated rings. The quantitative estimate of drug-likeness (QED) is 0.114. The molecule has 0 aromatic heterocycles. The molecule has 6 saturated carbocycles. The van der Waals surface area contributed by atoms with Crippen molar-refractivity contribution in [3.63, 3.8) is 0 Å². The van der Waals surface area contributed by atoms with Crippen molar-refractivity contribution in [3.05, 3.63) is 282 Å². The smallest absolute Gasteiger partial charge is 0.171 e. The van der Waals surface area contributed by atoms with Crippen molar-refractivity contribution in [3.8, 4) is 0 Å². The maximum Gasteiger partial charge on any atom is 0.394 e. The summed E-state index contributed by atoms with van der Waals surface area (Å²) in [7, 11) is 0. The summed E-state index contributed by atoms with van der Waals surface area (Å²) < 4.78 is 66.0. The Morgan fingerprint density at radius 3 is 0.794 bits per heavy atom. The van der Waals surface area contributed by atoms with Gasteiger partial charge in [0.2, 0.25) is 0 Å². The van der Waals surface area contributed by atoms with Gasteiger partial charge in [0.15, 0.2) is 0 Å². The summed E-state index contributed by atoms with van der Waals surface area (Å²) in [6.45, 7) is 72.9. The third-order valence-electron chi connectivity index (χ3n) is 29.5. The first kappa shape index (κ1) is 112. The van der Waals surface area contributed by atoms with Crippen LogP contribution in [0, 0.1) is 16.7 Å². The second kappa shape index (κ2) is 52.0. The van der Waals surface area contributed by atoms with Gasteiger partial charge in [-0.2, -0.15) is 13.2 Å². The molecule has 6 aliphatic rings. The first-order valence-electron chi connectivity index (χ1n) is 56.2. The SMILES string of the molecule is CC(C)(C)Cc1ccccc1C(C)(C)C.CC(C)(C)c1c(C2CCCCC2)cccc1C1CCCCC1.CC(C)(C)c1ccccc1C1CCCCC1.CC(C)(C)c1ccccc1CC(C)(C)C(F)(F)F.CC(C)Cc1ccccc1C(C)(C)C.CC(C)c1ccccc1C(C)(C)C.[2H]C1(c2cccc(C3([2H])CCCCC3)c2C(C)(C)C)CCCCC1.[2H]C1(c2ccccc2C(C)(C)C)CCCCC1. The molecule has 8 aromatic rings. The van der Waals surface area contributed by atoms with Crippen LogP contribution in [0.2, 0.25) is 0 Å². The lowest BCUT2D eigenvalue weighted by molar-refractivity contribution is -0.211. The molecule has 136 heavy (non-hydrogen) atoms. The Hall–Kier alpha value is -6.45. The topological polar surface area (TPSA) is 0 Å². The minimum Gasteiger partial charge on any atom is -0.171 e. The van der Waals surface area contributed by atoms with E-state index in [9.17, 15) is 15.9 Å². The number of hydrogen-bond acceptors (Lipinski definition) is 0. The van der Waals surface area contributed by atoms with E-state index in [1.165, 1.54) is 236 Å². The molecule has 14 rings (SSSR count). The fourth-order valence-corrected chi connectivity index (χ4v) is 22.6. The summed E-state index contributed by atoms with van der Waals surface area (Å²) in [5.74, 6) is 2.61. The average Bonchev–Trinajstić information content (AvgIpc) is 0.740. The van der Waals surface area contributed by atoms with E-state index in [4.69, 9.17) is 1.37 Å². The molecule has 0 bridgehead atoms. The number of alkyl halides is 3. The Morgan fingerprint density at radius 1 is 0.243 bits per heavy atom. The van der Waals surface area contributed by atoms with Gasteiger partial charge in [0.1, 0.15) is 0 Å². The molecule has 756 valence electrons. The molecule has 0 nitrogen and oxygen atoms in total. The van der Waals surface area contributed by atoms with Gasteiger partial charge in [0.25, 0.3) is 0 Å². The summed E-state index contributed by atoms with van der Waals surface area (Å²) in [5.41, 5.74) is 25.4. The van der Waals surface area contributed by atoms with E-state index in [-0.39, 0.29) is 55.6 Å². The van der Waals surface area contributed by atoms with Gasteiger partial charge in [-0.3, -0.25) is 0 Å². The highest BCUT2D eigenvalue weighted by Gasteiger charge is 2.48. The Kier molecular flexibility index (Phi) is 42.6. The number of rotatable bonds is 12. The molecule has 3 heteroatoms. The molecule has 0 radical (unpaired) electrons. The van der Waals surface area contributed by atoms with Crippen LogP contribution in [0.3, 0.4) is 0 Å². The standard InChI is InChI=1S/2C22H34.2C16H24.C15H21F3.C15H24.C14H22.C13H20/c2*1-22(2,3)21-19(17-11-6-4-7-12-17)15-10-16-20(21)18-13-8-5-9-14-18;2*1-16(2,3)15-12-8-7-11-14(15)13-9-5-4-6-10-13;1-13(2,3)12-9-7-6-8-11(12)10-14(4,5)15(16,17)18;1-14(2,3)11-12-9-7-8-10-13(12)15(4,5)6;1-11(2)10-12-8-6-7-9-13(12)14(3,4)5;1-10(2)11-8-6-7-9-12(11)13(3,4)5/h2*10,15-18H,4-9,11-14H2,1-3H3;2*7-8,11-13H,4-6,9-10H2,1-3H3;6-9H,10H2,1-5H3;7-10H,11H2,1-6H3;6-9,11H,10H2,1-5H3;6-10H,1-5H3/i17D,18D;;13D;;;;;. The van der Waals surface area contributed by atoms with Crippen molar-refractivity contribution in [2.24, 2.45) is 16.7 Å². The van der Waals surface area contributed by atoms with Crippen LogP contribution in [0.25, 0.3) is 0 Å². The Labute approximate surface area is 842 Å². The van der Waals surface area contributed by atoms with Crippen LogP contribution in [0.15, 0.2) is 182 Å². The second-order valence-electron chi connectivity index (χ2n) is 52.8. The molecule has 0 spiro atoms. The molecule has 0 unspecified atom stereocenters. The average molecular weight is 1860 g/mol. The van der Waals surface area contributed by atoms with E-state index in [0.717, 1.165) is 79.7 Å². The highest BCUT2D eigenvalue weighted by atomic mass is 19.4. The Bertz CT molecular complexity index is 4860. The molecule has 0 atom stereocenters. The predicted molar refractivity (Wildman–Crippen MR) is 595 cm³/mol. The zero-order valence-corrected chi connectivity index (χ0v) is 93.7. The summed E-state index contributed by atoms with van der Waals surface area (Å²) >= 11 is 0. The van der Waals surface area contributed by atoms with E-state index < -0.39 is 23.4 Å². The van der Waals surface area contributed by atoms with Gasteiger partial charge in [0.05, 0.1) is 5.41 Å². The van der Waals surface area contributed by atoms with Crippen LogP contribution in [0.1, 0.15) is 567 Å². The molecule has 0 heterocycles. The van der Waals surface area contributed by atoms with Crippen LogP contribution in [0.4, 0.5) is 13.2 Å². The summed E-state index contributed by atoms with van der Waals surface area (Å²) in [6, 6.07) is 65.3. The lowest BCUT2D eigenvalue weighted by atomic mass is 9.70. The highest BCUT2D eigenvalue weighted by Crippen LogP contribution is 2.50. The van der Waals surface area contributed by atoms with Gasteiger partial charge >= 0.3 is 6.18 Å². The fraction of sp³-hybridized carbons (Fsp3) is 0.639. The molecule has 0 saturated heterocycles. The van der Waals surface area contributed by atoms with Gasteiger partial charge in [-0.25, -0.2) is 0 Å². The third-order valence-corrected chi connectivity index (χ3v) is 29.5. The van der Waals surface area contributed by atoms with Crippen molar-refractivity contribution < 1.29 is 17.3 Å². The fourth-order valence-electron chi connectivity index (χ4n) is 22.6. The first-order valence-corrected chi connectivity index (χ1v) is 54.7. The minimum atomic E-state index is -4.18. The lowest BCUT2D eigenvalue weighted by Gasteiger charge is -2.35. The summed E-state index contributed by atoms with van der Waals surface area (Å²) in [6.07, 6.45) is 36.4. The van der Waals surface area contributed by atoms with Gasteiger partial charge < -0.3 is 0 Å². The van der Waals surface area contributed by atoms with E-state index in [1.807, 2.05) is 32.9 Å². The zero-order valence-electron chi connectivity index (χ0n) is 96.7. The molecular weight excluding hydrogens is 1650 g/mol. The predicted octanol–water partition coefficient (Wildman–Crippen LogP) is 42.2. The van der Waals surface area contributed by atoms with Crippen LogP contribution in [0.5, 0.6) is 0 Å². The van der Waals surface area contributed by atoms with E-state index in [2.05, 4.69) is 352 Å². The Morgan fingerprint density at radius 2 is 0.485 bits per heavy atom. The van der Waals surface area contributed by atoms with Crippen LogP contribution in [-0.4, -0.2) is 6.18 Å². The molecule has 0 amide bonds. The van der Waals surface area contributed by atoms with Crippen LogP contribution >= 0.6 is 0 Å². The van der Waals surface area contributed by atoms with Gasteiger partial charge in [0, 0.05) is 4.11 Å². The molecular formula is C133H203F3.